The summed E-state index contributed by atoms with van der Waals surface area (Å²) in [6.45, 7) is 0. The molecular formula is C25H19BrO4. The molecule has 0 spiro atoms. The van der Waals surface area contributed by atoms with Gasteiger partial charge in [0.1, 0.15) is 11.5 Å². The van der Waals surface area contributed by atoms with Gasteiger partial charge >= 0.3 is 5.97 Å². The number of methoxy groups -OCH3 is 1. The summed E-state index contributed by atoms with van der Waals surface area (Å²) in [4.78, 5) is 24.4. The predicted octanol–water partition coefficient (Wildman–Crippen LogP) is 5.97. The van der Waals surface area contributed by atoms with Gasteiger partial charge in [0, 0.05) is 21.7 Å². The largest absolute Gasteiger partial charge is 0.496 e. The van der Waals surface area contributed by atoms with Crippen LogP contribution in [0.1, 0.15) is 21.5 Å². The highest BCUT2D eigenvalue weighted by molar-refractivity contribution is 9.10. The SMILES string of the molecule is COc1ccc(Br)cc1/C=C\C(=O)c1ccc(OC(=O)/C=C/c2ccccc2)cc1. The fraction of sp³-hybridized carbons (Fsp3) is 0.0400. The first-order valence-electron chi connectivity index (χ1n) is 9.16. The average molecular weight is 463 g/mol. The Morgan fingerprint density at radius 1 is 0.867 bits per heavy atom. The van der Waals surface area contributed by atoms with Gasteiger partial charge in [-0.3, -0.25) is 4.79 Å². The highest BCUT2D eigenvalue weighted by Gasteiger charge is 2.06. The first kappa shape index (κ1) is 21.3. The zero-order valence-corrected chi connectivity index (χ0v) is 17.8. The van der Waals surface area contributed by atoms with Crippen molar-refractivity contribution in [3.63, 3.8) is 0 Å². The maximum Gasteiger partial charge on any atom is 0.336 e. The summed E-state index contributed by atoms with van der Waals surface area (Å²) in [5.74, 6) is 0.387. The van der Waals surface area contributed by atoms with Crippen molar-refractivity contribution >= 4 is 39.8 Å². The smallest absolute Gasteiger partial charge is 0.336 e. The lowest BCUT2D eigenvalue weighted by Gasteiger charge is -2.05. The Labute approximate surface area is 183 Å². The van der Waals surface area contributed by atoms with Crippen LogP contribution in [0.15, 0.2) is 89.4 Å². The molecule has 0 N–H and O–H groups in total. The van der Waals surface area contributed by atoms with Crippen molar-refractivity contribution in [2.75, 3.05) is 7.11 Å². The Morgan fingerprint density at radius 2 is 1.60 bits per heavy atom. The van der Waals surface area contributed by atoms with Crippen LogP contribution in [0.2, 0.25) is 0 Å². The third kappa shape index (κ3) is 6.03. The van der Waals surface area contributed by atoms with Gasteiger partial charge in [-0.05, 0) is 66.3 Å². The highest BCUT2D eigenvalue weighted by Crippen LogP contribution is 2.24. The summed E-state index contributed by atoms with van der Waals surface area (Å²) in [5, 5.41) is 0. The van der Waals surface area contributed by atoms with Gasteiger partial charge in [0.15, 0.2) is 5.78 Å². The molecule has 0 fully saturated rings. The van der Waals surface area contributed by atoms with E-state index >= 15 is 0 Å². The van der Waals surface area contributed by atoms with Crippen molar-refractivity contribution in [1.29, 1.82) is 0 Å². The fourth-order valence-electron chi connectivity index (χ4n) is 2.66. The Hall–Kier alpha value is -3.44. The van der Waals surface area contributed by atoms with Gasteiger partial charge in [-0.25, -0.2) is 4.79 Å². The highest BCUT2D eigenvalue weighted by atomic mass is 79.9. The standard InChI is InChI=1S/C25H19BrO4/c1-29-24-15-11-21(26)17-20(24)10-14-23(27)19-8-12-22(13-9-19)30-25(28)16-7-18-5-3-2-4-6-18/h2-17H,1H3/b14-10-,16-7+. The third-order valence-electron chi connectivity index (χ3n) is 4.17. The summed E-state index contributed by atoms with van der Waals surface area (Å²) in [7, 11) is 1.58. The molecule has 0 aliphatic heterocycles. The molecule has 0 saturated heterocycles. The van der Waals surface area contributed by atoms with Crippen LogP contribution in [0.3, 0.4) is 0 Å². The van der Waals surface area contributed by atoms with Gasteiger partial charge < -0.3 is 9.47 Å². The van der Waals surface area contributed by atoms with E-state index in [1.54, 1.807) is 43.5 Å². The number of ether oxygens (including phenoxy) is 2. The molecule has 0 radical (unpaired) electrons. The lowest BCUT2D eigenvalue weighted by atomic mass is 10.1. The van der Waals surface area contributed by atoms with Crippen molar-refractivity contribution in [2.45, 2.75) is 0 Å². The van der Waals surface area contributed by atoms with Crippen molar-refractivity contribution in [3.8, 4) is 11.5 Å². The van der Waals surface area contributed by atoms with Crippen molar-refractivity contribution < 1.29 is 19.1 Å². The monoisotopic (exact) mass is 462 g/mol. The predicted molar refractivity (Wildman–Crippen MR) is 122 cm³/mol. The molecule has 0 aliphatic rings. The second-order valence-electron chi connectivity index (χ2n) is 6.27. The van der Waals surface area contributed by atoms with Crippen molar-refractivity contribution in [3.05, 3.63) is 106 Å². The molecule has 5 heteroatoms. The molecule has 3 aromatic rings. The number of halogens is 1. The number of ketones is 1. The van der Waals surface area contributed by atoms with Gasteiger partial charge in [-0.2, -0.15) is 0 Å². The summed E-state index contributed by atoms with van der Waals surface area (Å²) >= 11 is 3.41. The molecule has 0 aromatic heterocycles. The number of benzene rings is 3. The van der Waals surface area contributed by atoms with Gasteiger partial charge in [-0.1, -0.05) is 46.3 Å². The molecule has 0 heterocycles. The first-order chi connectivity index (χ1) is 14.5. The molecule has 4 nitrogen and oxygen atoms in total. The first-order valence-corrected chi connectivity index (χ1v) is 9.95. The van der Waals surface area contributed by atoms with Crippen LogP contribution in [0.4, 0.5) is 0 Å². The van der Waals surface area contributed by atoms with E-state index in [9.17, 15) is 9.59 Å². The lowest BCUT2D eigenvalue weighted by molar-refractivity contribution is -0.128. The quantitative estimate of drug-likeness (QED) is 0.188. The molecule has 0 bridgehead atoms. The molecule has 150 valence electrons. The Balaban J connectivity index is 1.62. The molecule has 0 aliphatic carbocycles. The third-order valence-corrected chi connectivity index (χ3v) is 4.67. The minimum atomic E-state index is -0.487. The zero-order chi connectivity index (χ0) is 21.3. The van der Waals surface area contributed by atoms with E-state index in [1.165, 1.54) is 12.2 Å². The molecule has 3 rings (SSSR count). The topological polar surface area (TPSA) is 52.6 Å². The van der Waals surface area contributed by atoms with E-state index in [2.05, 4.69) is 15.9 Å². The van der Waals surface area contributed by atoms with Crippen LogP contribution in [0.5, 0.6) is 11.5 Å². The molecule has 0 saturated carbocycles. The van der Waals surface area contributed by atoms with Gasteiger partial charge in [0.25, 0.3) is 0 Å². The summed E-state index contributed by atoms with van der Waals surface area (Å²) in [6, 6.07) is 21.5. The minimum Gasteiger partial charge on any atom is -0.496 e. The lowest BCUT2D eigenvalue weighted by Crippen LogP contribution is -2.04. The molecule has 30 heavy (non-hydrogen) atoms. The van der Waals surface area contributed by atoms with Crippen LogP contribution in [-0.2, 0) is 4.79 Å². The maximum atomic E-state index is 12.4. The minimum absolute atomic E-state index is 0.168. The van der Waals surface area contributed by atoms with E-state index in [0.717, 1.165) is 15.6 Å². The number of esters is 1. The number of carbonyl (C=O) groups is 2. The Kier molecular flexibility index (Phi) is 7.35. The molecule has 0 unspecified atom stereocenters. The Bertz CT molecular complexity index is 1080. The normalized spacial score (nSPS) is 11.0. The number of hydrogen-bond donors (Lipinski definition) is 0. The fourth-order valence-corrected chi connectivity index (χ4v) is 3.04. The van der Waals surface area contributed by atoms with Gasteiger partial charge in [-0.15, -0.1) is 0 Å². The van der Waals surface area contributed by atoms with E-state index in [0.29, 0.717) is 17.1 Å². The Morgan fingerprint density at radius 3 is 2.30 bits per heavy atom. The van der Waals surface area contributed by atoms with E-state index in [-0.39, 0.29) is 5.78 Å². The van der Waals surface area contributed by atoms with Crippen LogP contribution < -0.4 is 9.47 Å². The molecule has 0 atom stereocenters. The zero-order valence-electron chi connectivity index (χ0n) is 16.2. The van der Waals surface area contributed by atoms with E-state index < -0.39 is 5.97 Å². The van der Waals surface area contributed by atoms with E-state index in [1.807, 2.05) is 48.5 Å². The van der Waals surface area contributed by atoms with Gasteiger partial charge in [0.2, 0.25) is 0 Å². The summed E-state index contributed by atoms with van der Waals surface area (Å²) in [5.41, 5.74) is 2.18. The second kappa shape index (κ2) is 10.4. The van der Waals surface area contributed by atoms with Crippen molar-refractivity contribution in [2.24, 2.45) is 0 Å². The number of allylic oxidation sites excluding steroid dienone is 1. The number of hydrogen-bond acceptors (Lipinski definition) is 4. The molecule has 3 aromatic carbocycles. The molecular weight excluding hydrogens is 444 g/mol. The van der Waals surface area contributed by atoms with E-state index in [4.69, 9.17) is 9.47 Å². The van der Waals surface area contributed by atoms with Gasteiger partial charge in [0.05, 0.1) is 7.11 Å². The van der Waals surface area contributed by atoms with Crippen LogP contribution in [-0.4, -0.2) is 18.9 Å². The number of rotatable bonds is 7. The number of carbonyl (C=O) groups excluding carboxylic acids is 2. The van der Waals surface area contributed by atoms with Crippen LogP contribution in [0.25, 0.3) is 12.2 Å². The second-order valence-corrected chi connectivity index (χ2v) is 7.19. The average Bonchev–Trinajstić information content (AvgIpc) is 2.77. The van der Waals surface area contributed by atoms with Crippen molar-refractivity contribution in [1.82, 2.24) is 0 Å². The summed E-state index contributed by atoms with van der Waals surface area (Å²) < 4.78 is 11.5. The molecule has 0 amide bonds. The van der Waals surface area contributed by atoms with Crippen LogP contribution in [0, 0.1) is 0 Å². The maximum absolute atomic E-state index is 12.4. The summed E-state index contributed by atoms with van der Waals surface area (Å²) in [6.07, 6.45) is 6.23. The van der Waals surface area contributed by atoms with Crippen LogP contribution >= 0.6 is 15.9 Å².